The van der Waals surface area contributed by atoms with Gasteiger partial charge in [-0.1, -0.05) is 47.5 Å². The third-order valence-electron chi connectivity index (χ3n) is 8.46. The van der Waals surface area contributed by atoms with Crippen LogP contribution < -0.4 is 0 Å². The van der Waals surface area contributed by atoms with Crippen LogP contribution in [0.2, 0.25) is 0 Å². The zero-order valence-electron chi connectivity index (χ0n) is 14.5. The molecule has 0 heteroatoms. The standard InChI is InChI=1S/C20H36/c1-14-8-11-19(4,12-9-14)17-10-13-20(5)15(2)6-7-18(20)16(17)3/h14-18H,6-13H2,1-5H3. The van der Waals surface area contributed by atoms with Gasteiger partial charge in [0, 0.05) is 0 Å². The average Bonchev–Trinajstić information content (AvgIpc) is 2.71. The molecule has 3 fully saturated rings. The van der Waals surface area contributed by atoms with Crippen molar-refractivity contribution in [2.75, 3.05) is 0 Å². The van der Waals surface area contributed by atoms with Crippen molar-refractivity contribution in [2.45, 2.75) is 86.0 Å². The zero-order valence-corrected chi connectivity index (χ0v) is 14.5. The van der Waals surface area contributed by atoms with E-state index in [4.69, 9.17) is 0 Å². The van der Waals surface area contributed by atoms with Crippen LogP contribution in [-0.4, -0.2) is 0 Å². The second-order valence-corrected chi connectivity index (χ2v) is 9.43. The van der Waals surface area contributed by atoms with Crippen LogP contribution in [0.5, 0.6) is 0 Å². The van der Waals surface area contributed by atoms with Crippen LogP contribution in [0.3, 0.4) is 0 Å². The highest BCUT2D eigenvalue weighted by atomic mass is 14.6. The predicted octanol–water partition coefficient (Wildman–Crippen LogP) is 6.30. The number of rotatable bonds is 1. The molecule has 0 aromatic carbocycles. The molecule has 3 aliphatic carbocycles. The molecule has 3 rings (SSSR count). The Bertz CT molecular complexity index is 349. The molecule has 116 valence electrons. The van der Waals surface area contributed by atoms with Crippen LogP contribution in [0.4, 0.5) is 0 Å². The highest BCUT2D eigenvalue weighted by Crippen LogP contribution is 2.62. The Morgan fingerprint density at radius 1 is 0.700 bits per heavy atom. The van der Waals surface area contributed by atoms with E-state index < -0.39 is 0 Å². The zero-order chi connectivity index (χ0) is 14.5. The van der Waals surface area contributed by atoms with Crippen molar-refractivity contribution in [1.82, 2.24) is 0 Å². The van der Waals surface area contributed by atoms with E-state index in [-0.39, 0.29) is 0 Å². The molecule has 3 saturated carbocycles. The second-order valence-electron chi connectivity index (χ2n) is 9.43. The first-order chi connectivity index (χ1) is 9.37. The van der Waals surface area contributed by atoms with E-state index in [1.807, 2.05) is 0 Å². The van der Waals surface area contributed by atoms with Crippen LogP contribution in [0.25, 0.3) is 0 Å². The van der Waals surface area contributed by atoms with E-state index in [9.17, 15) is 0 Å². The summed E-state index contributed by atoms with van der Waals surface area (Å²) in [7, 11) is 0. The van der Waals surface area contributed by atoms with Crippen LogP contribution in [0.15, 0.2) is 0 Å². The fraction of sp³-hybridized carbons (Fsp3) is 1.00. The lowest BCUT2D eigenvalue weighted by atomic mass is 9.51. The van der Waals surface area contributed by atoms with Gasteiger partial charge >= 0.3 is 0 Å². The molecule has 0 radical (unpaired) electrons. The van der Waals surface area contributed by atoms with Crippen LogP contribution in [0.1, 0.15) is 86.0 Å². The van der Waals surface area contributed by atoms with Crippen LogP contribution in [-0.2, 0) is 0 Å². The summed E-state index contributed by atoms with van der Waals surface area (Å²) in [5.74, 6) is 4.96. The molecule has 0 aromatic rings. The normalized spacial score (nSPS) is 56.5. The Hall–Kier alpha value is 0. The van der Waals surface area contributed by atoms with Gasteiger partial charge < -0.3 is 0 Å². The molecule has 0 amide bonds. The van der Waals surface area contributed by atoms with Crippen molar-refractivity contribution in [3.8, 4) is 0 Å². The molecule has 3 aliphatic rings. The van der Waals surface area contributed by atoms with Gasteiger partial charge in [0.05, 0.1) is 0 Å². The van der Waals surface area contributed by atoms with Crippen molar-refractivity contribution in [3.63, 3.8) is 0 Å². The molecule has 5 atom stereocenters. The molecule has 0 aromatic heterocycles. The molecule has 20 heavy (non-hydrogen) atoms. The van der Waals surface area contributed by atoms with Crippen molar-refractivity contribution in [1.29, 1.82) is 0 Å². The lowest BCUT2D eigenvalue weighted by Crippen LogP contribution is -2.46. The summed E-state index contributed by atoms with van der Waals surface area (Å²) in [5, 5.41) is 0. The summed E-state index contributed by atoms with van der Waals surface area (Å²) >= 11 is 0. The van der Waals surface area contributed by atoms with Crippen molar-refractivity contribution < 1.29 is 0 Å². The molecule has 0 saturated heterocycles. The fourth-order valence-corrected chi connectivity index (χ4v) is 6.54. The lowest BCUT2D eigenvalue weighted by molar-refractivity contribution is -0.0462. The maximum Gasteiger partial charge on any atom is -0.0269 e. The first kappa shape index (κ1) is 14.9. The van der Waals surface area contributed by atoms with Gasteiger partial charge in [0.2, 0.25) is 0 Å². The van der Waals surface area contributed by atoms with Gasteiger partial charge in [-0.3, -0.25) is 0 Å². The fourth-order valence-electron chi connectivity index (χ4n) is 6.54. The van der Waals surface area contributed by atoms with E-state index in [1.54, 1.807) is 0 Å². The maximum atomic E-state index is 2.64. The quantitative estimate of drug-likeness (QED) is 0.527. The largest absolute Gasteiger partial charge is 0.0625 e. The Kier molecular flexibility index (Phi) is 3.75. The molecule has 0 aliphatic heterocycles. The highest BCUT2D eigenvalue weighted by molar-refractivity contribution is 5.03. The summed E-state index contributed by atoms with van der Waals surface area (Å²) in [6.07, 6.45) is 12.0. The van der Waals surface area contributed by atoms with Gasteiger partial charge in [-0.25, -0.2) is 0 Å². The van der Waals surface area contributed by atoms with Gasteiger partial charge in [-0.15, -0.1) is 0 Å². The minimum atomic E-state index is 0.666. The van der Waals surface area contributed by atoms with E-state index >= 15 is 0 Å². The SMILES string of the molecule is CC1CCC(C)(C2CCC3(C)C(C)CCC3C2C)CC1. The monoisotopic (exact) mass is 276 g/mol. The number of fused-ring (bicyclic) bond motifs is 1. The Morgan fingerprint density at radius 2 is 1.35 bits per heavy atom. The maximum absolute atomic E-state index is 2.64. The molecule has 0 spiro atoms. The van der Waals surface area contributed by atoms with Gasteiger partial charge in [-0.05, 0) is 78.9 Å². The number of hydrogen-bond acceptors (Lipinski definition) is 0. The summed E-state index contributed by atoms with van der Waals surface area (Å²) < 4.78 is 0. The Morgan fingerprint density at radius 3 is 2.00 bits per heavy atom. The Balaban J connectivity index is 1.77. The van der Waals surface area contributed by atoms with Crippen molar-refractivity contribution >= 4 is 0 Å². The Labute approximate surface area is 127 Å². The number of hydrogen-bond donors (Lipinski definition) is 0. The van der Waals surface area contributed by atoms with Gasteiger partial charge in [0.15, 0.2) is 0 Å². The van der Waals surface area contributed by atoms with Crippen LogP contribution >= 0.6 is 0 Å². The first-order valence-electron chi connectivity index (χ1n) is 9.37. The third-order valence-corrected chi connectivity index (χ3v) is 8.46. The molecule has 0 N–H and O–H groups in total. The molecule has 5 unspecified atom stereocenters. The third kappa shape index (κ3) is 2.17. The summed E-state index contributed by atoms with van der Waals surface area (Å²) in [4.78, 5) is 0. The summed E-state index contributed by atoms with van der Waals surface area (Å²) in [6, 6.07) is 0. The minimum absolute atomic E-state index is 0.666. The van der Waals surface area contributed by atoms with E-state index in [0.29, 0.717) is 10.8 Å². The topological polar surface area (TPSA) is 0 Å². The molecular formula is C20H36. The molecule has 0 heterocycles. The van der Waals surface area contributed by atoms with E-state index in [0.717, 1.165) is 29.6 Å². The van der Waals surface area contributed by atoms with Crippen molar-refractivity contribution in [3.05, 3.63) is 0 Å². The smallest absolute Gasteiger partial charge is 0.0269 e. The predicted molar refractivity (Wildman–Crippen MR) is 87.6 cm³/mol. The van der Waals surface area contributed by atoms with Crippen molar-refractivity contribution in [2.24, 2.45) is 40.4 Å². The first-order valence-corrected chi connectivity index (χ1v) is 9.37. The van der Waals surface area contributed by atoms with Gasteiger partial charge in [0.1, 0.15) is 0 Å². The van der Waals surface area contributed by atoms with E-state index in [2.05, 4.69) is 34.6 Å². The minimum Gasteiger partial charge on any atom is -0.0625 e. The molecular weight excluding hydrogens is 240 g/mol. The summed E-state index contributed by atoms with van der Waals surface area (Å²) in [6.45, 7) is 12.9. The summed E-state index contributed by atoms with van der Waals surface area (Å²) in [5.41, 5.74) is 1.34. The average molecular weight is 277 g/mol. The second kappa shape index (κ2) is 5.03. The van der Waals surface area contributed by atoms with Crippen LogP contribution in [0, 0.1) is 40.4 Å². The highest BCUT2D eigenvalue weighted by Gasteiger charge is 2.54. The lowest BCUT2D eigenvalue weighted by Gasteiger charge is -2.54. The van der Waals surface area contributed by atoms with E-state index in [1.165, 1.54) is 51.4 Å². The van der Waals surface area contributed by atoms with Gasteiger partial charge in [-0.2, -0.15) is 0 Å². The molecule has 0 nitrogen and oxygen atoms in total. The van der Waals surface area contributed by atoms with Gasteiger partial charge in [0.25, 0.3) is 0 Å². The molecule has 0 bridgehead atoms.